The van der Waals surface area contributed by atoms with Crippen LogP contribution >= 0.6 is 0 Å². The van der Waals surface area contributed by atoms with Gasteiger partial charge in [0.1, 0.15) is 0 Å². The summed E-state index contributed by atoms with van der Waals surface area (Å²) in [5.74, 6) is -1.47. The average Bonchev–Trinajstić information content (AvgIpc) is 2.27. The second-order valence-electron chi connectivity index (χ2n) is 3.79. The van der Waals surface area contributed by atoms with Gasteiger partial charge in [-0.1, -0.05) is 13.8 Å². The highest BCUT2D eigenvalue weighted by Crippen LogP contribution is 2.02. The van der Waals surface area contributed by atoms with Gasteiger partial charge in [-0.2, -0.15) is 0 Å². The molecule has 0 aromatic rings. The molecule has 2 atom stereocenters. The molecule has 0 aliphatic carbocycles. The van der Waals surface area contributed by atoms with Crippen LogP contribution in [0.1, 0.15) is 40.5 Å². The van der Waals surface area contributed by atoms with Crippen LogP contribution in [0.5, 0.6) is 0 Å². The van der Waals surface area contributed by atoms with Gasteiger partial charge in [0.25, 0.3) is 0 Å². The zero-order valence-electron chi connectivity index (χ0n) is 10.4. The molecule has 0 aliphatic rings. The monoisotopic (exact) mass is 231 g/mol. The maximum atomic E-state index is 11.4. The standard InChI is InChI=1S/C11H21NO4/c1-5-7(3)15-10(13)9(12)11(14)16-8(4)6-2/h7-9H,5-6,12H2,1-4H3. The molecule has 0 aromatic carbocycles. The third-order valence-electron chi connectivity index (χ3n) is 2.29. The number of rotatable bonds is 6. The van der Waals surface area contributed by atoms with E-state index in [1.165, 1.54) is 0 Å². The zero-order chi connectivity index (χ0) is 12.7. The highest BCUT2D eigenvalue weighted by molar-refractivity contribution is 5.99. The Morgan fingerprint density at radius 1 is 1.00 bits per heavy atom. The van der Waals surface area contributed by atoms with Crippen LogP contribution in [0.15, 0.2) is 0 Å². The fraction of sp³-hybridized carbons (Fsp3) is 0.818. The van der Waals surface area contributed by atoms with Crippen LogP contribution in [-0.2, 0) is 19.1 Å². The van der Waals surface area contributed by atoms with E-state index in [4.69, 9.17) is 15.2 Å². The molecular weight excluding hydrogens is 210 g/mol. The summed E-state index contributed by atoms with van der Waals surface area (Å²) in [6.45, 7) is 7.23. The molecule has 5 heteroatoms. The lowest BCUT2D eigenvalue weighted by Gasteiger charge is -2.17. The molecular formula is C11H21NO4. The molecule has 2 unspecified atom stereocenters. The van der Waals surface area contributed by atoms with Crippen molar-refractivity contribution in [3.8, 4) is 0 Å². The Morgan fingerprint density at radius 3 is 1.56 bits per heavy atom. The first-order valence-corrected chi connectivity index (χ1v) is 5.58. The van der Waals surface area contributed by atoms with Crippen molar-refractivity contribution < 1.29 is 19.1 Å². The van der Waals surface area contributed by atoms with E-state index in [1.807, 2.05) is 13.8 Å². The first kappa shape index (κ1) is 14.9. The third-order valence-corrected chi connectivity index (χ3v) is 2.29. The molecule has 0 spiro atoms. The topological polar surface area (TPSA) is 78.6 Å². The van der Waals surface area contributed by atoms with Gasteiger partial charge in [0.15, 0.2) is 0 Å². The van der Waals surface area contributed by atoms with Gasteiger partial charge >= 0.3 is 11.9 Å². The normalized spacial score (nSPS) is 16.1. The molecule has 16 heavy (non-hydrogen) atoms. The second-order valence-corrected chi connectivity index (χ2v) is 3.79. The number of nitrogens with two attached hydrogens (primary N) is 1. The Bertz CT molecular complexity index is 218. The van der Waals surface area contributed by atoms with Crippen molar-refractivity contribution in [2.24, 2.45) is 5.73 Å². The Labute approximate surface area is 96.3 Å². The van der Waals surface area contributed by atoms with Gasteiger partial charge in [-0.15, -0.1) is 0 Å². The lowest BCUT2D eigenvalue weighted by molar-refractivity contribution is -0.162. The predicted octanol–water partition coefficient (Wildman–Crippen LogP) is 0.997. The van der Waals surface area contributed by atoms with Gasteiger partial charge in [0.2, 0.25) is 6.04 Å². The molecule has 0 amide bonds. The Balaban J connectivity index is 4.16. The molecule has 2 N–H and O–H groups in total. The van der Waals surface area contributed by atoms with Gasteiger partial charge in [-0.05, 0) is 26.7 Å². The third kappa shape index (κ3) is 5.11. The molecule has 0 saturated carbocycles. The van der Waals surface area contributed by atoms with Gasteiger partial charge in [0, 0.05) is 0 Å². The molecule has 0 radical (unpaired) electrons. The summed E-state index contributed by atoms with van der Waals surface area (Å²) in [6, 6.07) is -1.34. The molecule has 0 bridgehead atoms. The first-order valence-electron chi connectivity index (χ1n) is 5.58. The Hall–Kier alpha value is -1.10. The van der Waals surface area contributed by atoms with Crippen molar-refractivity contribution in [3.63, 3.8) is 0 Å². The lowest BCUT2D eigenvalue weighted by Crippen LogP contribution is -2.43. The second kappa shape index (κ2) is 7.22. The van der Waals surface area contributed by atoms with Crippen LogP contribution in [-0.4, -0.2) is 30.2 Å². The van der Waals surface area contributed by atoms with Gasteiger partial charge in [-0.25, -0.2) is 9.59 Å². The van der Waals surface area contributed by atoms with E-state index in [-0.39, 0.29) is 12.2 Å². The van der Waals surface area contributed by atoms with E-state index in [2.05, 4.69) is 0 Å². The van der Waals surface area contributed by atoms with Gasteiger partial charge < -0.3 is 15.2 Å². The number of carbonyl (C=O) groups is 2. The minimum absolute atomic E-state index is 0.241. The van der Waals surface area contributed by atoms with Crippen molar-refractivity contribution in [1.29, 1.82) is 0 Å². The molecule has 0 rings (SSSR count). The van der Waals surface area contributed by atoms with E-state index >= 15 is 0 Å². The van der Waals surface area contributed by atoms with Crippen molar-refractivity contribution in [2.45, 2.75) is 58.8 Å². The molecule has 0 saturated heterocycles. The fourth-order valence-corrected chi connectivity index (χ4v) is 0.806. The van der Waals surface area contributed by atoms with E-state index in [9.17, 15) is 9.59 Å². The largest absolute Gasteiger partial charge is 0.461 e. The molecule has 0 heterocycles. The van der Waals surface area contributed by atoms with Crippen LogP contribution in [0.4, 0.5) is 0 Å². The summed E-state index contributed by atoms with van der Waals surface area (Å²) in [4.78, 5) is 22.8. The Kier molecular flexibility index (Phi) is 6.72. The number of hydrogen-bond acceptors (Lipinski definition) is 5. The molecule has 5 nitrogen and oxygen atoms in total. The number of esters is 2. The lowest BCUT2D eigenvalue weighted by atomic mass is 10.2. The smallest absolute Gasteiger partial charge is 0.334 e. The van der Waals surface area contributed by atoms with E-state index in [1.54, 1.807) is 13.8 Å². The summed E-state index contributed by atoms with van der Waals surface area (Å²) < 4.78 is 9.87. The minimum Gasteiger partial charge on any atom is -0.461 e. The highest BCUT2D eigenvalue weighted by atomic mass is 16.6. The van der Waals surface area contributed by atoms with Crippen LogP contribution in [0, 0.1) is 0 Å². The van der Waals surface area contributed by atoms with Crippen molar-refractivity contribution in [2.75, 3.05) is 0 Å². The van der Waals surface area contributed by atoms with Crippen molar-refractivity contribution >= 4 is 11.9 Å². The van der Waals surface area contributed by atoms with Crippen LogP contribution < -0.4 is 5.73 Å². The van der Waals surface area contributed by atoms with Crippen LogP contribution in [0.2, 0.25) is 0 Å². The summed E-state index contributed by atoms with van der Waals surface area (Å²) in [5.41, 5.74) is 5.42. The fourth-order valence-electron chi connectivity index (χ4n) is 0.806. The van der Waals surface area contributed by atoms with Crippen molar-refractivity contribution in [1.82, 2.24) is 0 Å². The van der Waals surface area contributed by atoms with E-state index in [0.717, 1.165) is 0 Å². The van der Waals surface area contributed by atoms with E-state index < -0.39 is 18.0 Å². The maximum absolute atomic E-state index is 11.4. The average molecular weight is 231 g/mol. The predicted molar refractivity (Wildman–Crippen MR) is 59.7 cm³/mol. The molecule has 0 fully saturated rings. The molecule has 0 aliphatic heterocycles. The highest BCUT2D eigenvalue weighted by Gasteiger charge is 2.27. The molecule has 0 aromatic heterocycles. The molecule has 94 valence electrons. The summed E-state index contributed by atoms with van der Waals surface area (Å²) >= 11 is 0. The summed E-state index contributed by atoms with van der Waals surface area (Å²) in [7, 11) is 0. The minimum atomic E-state index is -1.34. The van der Waals surface area contributed by atoms with Gasteiger partial charge in [0.05, 0.1) is 12.2 Å². The number of ether oxygens (including phenoxy) is 2. The maximum Gasteiger partial charge on any atom is 0.334 e. The van der Waals surface area contributed by atoms with Gasteiger partial charge in [-0.3, -0.25) is 0 Å². The summed E-state index contributed by atoms with van der Waals surface area (Å²) in [6.07, 6.45) is 0.877. The quantitative estimate of drug-likeness (QED) is 0.545. The Morgan fingerprint density at radius 2 is 1.31 bits per heavy atom. The first-order chi connectivity index (χ1) is 7.42. The van der Waals surface area contributed by atoms with Crippen molar-refractivity contribution in [3.05, 3.63) is 0 Å². The number of hydrogen-bond donors (Lipinski definition) is 1. The van der Waals surface area contributed by atoms with Crippen LogP contribution in [0.25, 0.3) is 0 Å². The van der Waals surface area contributed by atoms with Crippen LogP contribution in [0.3, 0.4) is 0 Å². The van der Waals surface area contributed by atoms with E-state index in [0.29, 0.717) is 12.8 Å². The number of carbonyl (C=O) groups excluding carboxylic acids is 2. The summed E-state index contributed by atoms with van der Waals surface area (Å²) in [5, 5.41) is 0. The SMILES string of the molecule is CCC(C)OC(=O)C(N)C(=O)OC(C)CC. The zero-order valence-corrected chi connectivity index (χ0v) is 10.4.